The molecule has 4 rings (SSSR count). The van der Waals surface area contributed by atoms with Gasteiger partial charge in [0.15, 0.2) is 11.9 Å². The van der Waals surface area contributed by atoms with Crippen molar-refractivity contribution < 1.29 is 23.9 Å². The molecule has 2 aromatic rings. The smallest absolute Gasteiger partial charge is 0.288 e. The van der Waals surface area contributed by atoms with Crippen molar-refractivity contribution in [2.75, 3.05) is 61.5 Å². The molecule has 0 aromatic heterocycles. The highest BCUT2D eigenvalue weighted by Gasteiger charge is 2.44. The van der Waals surface area contributed by atoms with Gasteiger partial charge in [0.05, 0.1) is 18.7 Å². The van der Waals surface area contributed by atoms with Gasteiger partial charge in [-0.25, -0.2) is 4.99 Å². The molecule has 0 saturated carbocycles. The number of carbonyl (C=O) groups excluding carboxylic acids is 3. The zero-order chi connectivity index (χ0) is 34.3. The zero-order valence-electron chi connectivity index (χ0n) is 29.1. The van der Waals surface area contributed by atoms with E-state index in [2.05, 4.69) is 18.7 Å². The third-order valence-corrected chi connectivity index (χ3v) is 9.09. The van der Waals surface area contributed by atoms with Crippen molar-refractivity contribution in [3.63, 3.8) is 0 Å². The molecule has 2 aliphatic rings. The Labute approximate surface area is 279 Å². The van der Waals surface area contributed by atoms with E-state index >= 15 is 0 Å². The topological polar surface area (TPSA) is 121 Å². The number of nitrogens with two attached hydrogens (primary N) is 1. The summed E-state index contributed by atoms with van der Waals surface area (Å²) in [4.78, 5) is 52.9. The number of unbranched alkanes of at least 4 members (excludes halogenated alkanes) is 1. The summed E-state index contributed by atoms with van der Waals surface area (Å²) in [5.74, 6) is -0.267. The number of Topliss-reactive ketones (excluding diaryl/α,β-unsaturated/α-hetero) is 1. The Morgan fingerprint density at radius 3 is 2.43 bits per heavy atom. The molecular weight excluding hydrogens is 596 g/mol. The number of ether oxygens (including phenoxy) is 2. The Morgan fingerprint density at radius 1 is 1.06 bits per heavy atom. The number of hydrogen-bond donors (Lipinski definition) is 1. The molecule has 0 unspecified atom stereocenters. The number of benzene rings is 2. The van der Waals surface area contributed by atoms with E-state index in [1.54, 1.807) is 23.1 Å². The minimum absolute atomic E-state index is 0.0258. The van der Waals surface area contributed by atoms with Gasteiger partial charge in [-0.15, -0.1) is 0 Å². The van der Waals surface area contributed by atoms with Crippen LogP contribution in [-0.2, 0) is 20.7 Å². The van der Waals surface area contributed by atoms with Crippen LogP contribution in [0, 0.1) is 0 Å². The number of carbonyl (C=O) groups is 3. The van der Waals surface area contributed by atoms with Crippen molar-refractivity contribution in [2.45, 2.75) is 69.7 Å². The Balaban J connectivity index is 1.55. The molecule has 0 bridgehead atoms. The lowest BCUT2D eigenvalue weighted by Crippen LogP contribution is -2.62. The molecule has 11 nitrogen and oxygen atoms in total. The van der Waals surface area contributed by atoms with Gasteiger partial charge in [-0.05, 0) is 91.1 Å². The number of amidine groups is 1. The molecule has 2 amide bonds. The minimum Gasteiger partial charge on any atom is -0.496 e. The fourth-order valence-corrected chi connectivity index (χ4v) is 6.41. The first-order valence-corrected chi connectivity index (χ1v) is 16.5. The van der Waals surface area contributed by atoms with Gasteiger partial charge >= 0.3 is 0 Å². The van der Waals surface area contributed by atoms with Gasteiger partial charge in [-0.3, -0.25) is 19.3 Å². The predicted octanol–water partition coefficient (Wildman–Crippen LogP) is 3.38. The lowest BCUT2D eigenvalue weighted by Gasteiger charge is -2.43. The van der Waals surface area contributed by atoms with E-state index in [4.69, 9.17) is 20.2 Å². The molecule has 0 radical (unpaired) electrons. The van der Waals surface area contributed by atoms with Crippen LogP contribution < -0.4 is 10.5 Å². The number of rotatable bonds is 14. The second-order valence-corrected chi connectivity index (χ2v) is 13.6. The van der Waals surface area contributed by atoms with E-state index in [1.165, 1.54) is 7.11 Å². The van der Waals surface area contributed by atoms with E-state index < -0.39 is 17.5 Å². The van der Waals surface area contributed by atoms with Crippen molar-refractivity contribution in [3.8, 4) is 5.75 Å². The first kappa shape index (κ1) is 35.9. The van der Waals surface area contributed by atoms with Crippen LogP contribution in [0.5, 0.6) is 5.75 Å². The van der Waals surface area contributed by atoms with Crippen molar-refractivity contribution in [3.05, 3.63) is 65.2 Å². The average molecular weight is 649 g/mol. The summed E-state index contributed by atoms with van der Waals surface area (Å²) >= 11 is 0. The van der Waals surface area contributed by atoms with E-state index in [0.29, 0.717) is 37.8 Å². The molecule has 2 aromatic carbocycles. The summed E-state index contributed by atoms with van der Waals surface area (Å²) in [6.45, 7) is 6.26. The van der Waals surface area contributed by atoms with Crippen LogP contribution in [0.3, 0.4) is 0 Å². The fraction of sp³-hybridized carbons (Fsp3) is 0.556. The normalized spacial score (nSPS) is 19.8. The maximum atomic E-state index is 14.2. The van der Waals surface area contributed by atoms with Gasteiger partial charge in [0.1, 0.15) is 17.3 Å². The predicted molar refractivity (Wildman–Crippen MR) is 184 cm³/mol. The van der Waals surface area contributed by atoms with Gasteiger partial charge in [-0.1, -0.05) is 42.8 Å². The first-order valence-electron chi connectivity index (χ1n) is 16.5. The molecule has 11 heteroatoms. The maximum absolute atomic E-state index is 14.2. The van der Waals surface area contributed by atoms with E-state index in [9.17, 15) is 14.4 Å². The molecule has 0 aliphatic carbocycles. The molecule has 256 valence electrons. The highest BCUT2D eigenvalue weighted by molar-refractivity contribution is 5.96. The standard InChI is InChI=1S/C36H52N6O5/c1-36(2)32(26-13-9-8-10-14-26)47-35(38-36)41-21-22-42(34(45)28(40(5)6)15-11-12-20-39(3)4)29(24-41)30(43)19-17-25-16-18-27(33(37)44)31(23-25)46-7/h8-10,13-14,16,18,23,28-29,32H,11-12,15,17,19-22,24H2,1-7H3,(H2,37,44)/t28-,29+,32+/m1/s1. The maximum Gasteiger partial charge on any atom is 0.288 e. The van der Waals surface area contributed by atoms with Crippen LogP contribution in [0.1, 0.15) is 67.1 Å². The number of aliphatic imine (C=N–C) groups is 1. The molecule has 1 fully saturated rings. The van der Waals surface area contributed by atoms with E-state index in [-0.39, 0.29) is 35.8 Å². The van der Waals surface area contributed by atoms with Gasteiger partial charge in [0, 0.05) is 26.1 Å². The number of hydrogen-bond acceptors (Lipinski definition) is 9. The van der Waals surface area contributed by atoms with Crippen LogP contribution >= 0.6 is 0 Å². The summed E-state index contributed by atoms with van der Waals surface area (Å²) in [5, 5.41) is 0. The zero-order valence-corrected chi connectivity index (χ0v) is 29.1. The Kier molecular flexibility index (Phi) is 12.0. The summed E-state index contributed by atoms with van der Waals surface area (Å²) in [5.41, 5.74) is 7.16. The summed E-state index contributed by atoms with van der Waals surface area (Å²) < 4.78 is 11.8. The number of ketones is 1. The summed E-state index contributed by atoms with van der Waals surface area (Å²) in [7, 11) is 9.44. The van der Waals surface area contributed by atoms with E-state index in [1.807, 2.05) is 68.3 Å². The molecular formula is C36H52N6O5. The second kappa shape index (κ2) is 15.8. The lowest BCUT2D eigenvalue weighted by molar-refractivity contribution is -0.146. The molecule has 2 aliphatic heterocycles. The molecule has 0 spiro atoms. The van der Waals surface area contributed by atoms with Crippen molar-refractivity contribution in [1.82, 2.24) is 19.6 Å². The van der Waals surface area contributed by atoms with Crippen LogP contribution in [0.2, 0.25) is 0 Å². The van der Waals surface area contributed by atoms with Crippen LogP contribution in [0.15, 0.2) is 53.5 Å². The highest BCUT2D eigenvalue weighted by atomic mass is 16.5. The molecule has 1 saturated heterocycles. The third kappa shape index (κ3) is 8.90. The Hall–Kier alpha value is -3.96. The number of methoxy groups -OCH3 is 1. The number of aryl methyl sites for hydroxylation is 1. The number of amides is 2. The van der Waals surface area contributed by atoms with Crippen LogP contribution in [0.25, 0.3) is 0 Å². The van der Waals surface area contributed by atoms with Crippen molar-refractivity contribution in [1.29, 1.82) is 0 Å². The van der Waals surface area contributed by atoms with Crippen molar-refractivity contribution in [2.24, 2.45) is 10.7 Å². The van der Waals surface area contributed by atoms with Crippen LogP contribution in [0.4, 0.5) is 0 Å². The van der Waals surface area contributed by atoms with Gasteiger partial charge in [-0.2, -0.15) is 0 Å². The number of nitrogens with zero attached hydrogens (tertiary/aromatic N) is 5. The van der Waals surface area contributed by atoms with Crippen molar-refractivity contribution >= 4 is 23.6 Å². The Bertz CT molecular complexity index is 1430. The third-order valence-electron chi connectivity index (χ3n) is 9.09. The average Bonchev–Trinajstić information content (AvgIpc) is 3.37. The monoisotopic (exact) mass is 648 g/mol. The van der Waals surface area contributed by atoms with Gasteiger partial charge in [0.2, 0.25) is 5.91 Å². The lowest BCUT2D eigenvalue weighted by atomic mass is 9.93. The largest absolute Gasteiger partial charge is 0.496 e. The SMILES string of the molecule is COc1cc(CCC(=O)[C@@H]2CN(C3=NC(C)(C)[C@H](c4ccccc4)O3)CCN2C(=O)[C@@H](CCCCN(C)C)N(C)C)ccc1C(N)=O. The summed E-state index contributed by atoms with van der Waals surface area (Å²) in [6.07, 6.45) is 3.00. The highest BCUT2D eigenvalue weighted by Crippen LogP contribution is 2.38. The van der Waals surface area contributed by atoms with Crippen LogP contribution in [-0.4, -0.2) is 122 Å². The quantitative estimate of drug-likeness (QED) is 0.310. The van der Waals surface area contributed by atoms with E-state index in [0.717, 1.165) is 36.9 Å². The minimum atomic E-state index is -0.669. The fourth-order valence-electron chi connectivity index (χ4n) is 6.41. The molecule has 2 N–H and O–H groups in total. The second-order valence-electron chi connectivity index (χ2n) is 13.6. The molecule has 47 heavy (non-hydrogen) atoms. The number of primary amides is 1. The first-order chi connectivity index (χ1) is 22.3. The summed E-state index contributed by atoms with van der Waals surface area (Å²) in [6, 6.07) is 14.7. The van der Waals surface area contributed by atoms with Gasteiger partial charge < -0.3 is 29.9 Å². The number of likely N-dealkylation sites (N-methyl/N-ethyl adjacent to an activating group) is 1. The molecule has 2 heterocycles. The number of piperazine rings is 1. The Morgan fingerprint density at radius 2 is 1.79 bits per heavy atom. The van der Waals surface area contributed by atoms with Gasteiger partial charge in [0.25, 0.3) is 11.9 Å². The molecule has 3 atom stereocenters.